The molecule has 0 aliphatic carbocycles. The molecule has 1 unspecified atom stereocenters. The van der Waals surface area contributed by atoms with E-state index >= 15 is 0 Å². The Hall–Kier alpha value is -2.34. The number of fused-ring (bicyclic) bond motifs is 1. The molecule has 0 amide bonds. The molecule has 0 saturated carbocycles. The van der Waals surface area contributed by atoms with Gasteiger partial charge in [-0.05, 0) is 42.6 Å². The van der Waals surface area contributed by atoms with Crippen LogP contribution in [0.2, 0.25) is 0 Å². The van der Waals surface area contributed by atoms with Gasteiger partial charge in [-0.3, -0.25) is 0 Å². The number of benzene rings is 1. The fraction of sp³-hybridized carbons (Fsp3) is 0.250. The maximum absolute atomic E-state index is 5.87. The van der Waals surface area contributed by atoms with Crippen molar-refractivity contribution in [1.29, 1.82) is 0 Å². The van der Waals surface area contributed by atoms with E-state index in [4.69, 9.17) is 9.47 Å². The lowest BCUT2D eigenvalue weighted by molar-refractivity contribution is 0.234. The normalized spacial score (nSPS) is 12.1. The fourth-order valence-corrected chi connectivity index (χ4v) is 2.83. The van der Waals surface area contributed by atoms with Crippen LogP contribution in [-0.4, -0.2) is 29.7 Å². The summed E-state index contributed by atoms with van der Waals surface area (Å²) in [4.78, 5) is 9.52. The lowest BCUT2D eigenvalue weighted by atomic mass is 10.3. The van der Waals surface area contributed by atoms with Gasteiger partial charge < -0.3 is 14.8 Å². The first-order valence-electron chi connectivity index (χ1n) is 6.99. The van der Waals surface area contributed by atoms with E-state index in [0.29, 0.717) is 6.54 Å². The molecule has 1 aromatic carbocycles. The molecule has 1 N–H and O–H groups in total. The quantitative estimate of drug-likeness (QED) is 0.753. The van der Waals surface area contributed by atoms with Crippen LogP contribution < -0.4 is 14.8 Å². The number of methoxy groups -OCH3 is 1. The lowest BCUT2D eigenvalue weighted by Gasteiger charge is -2.16. The zero-order valence-corrected chi connectivity index (χ0v) is 13.3. The van der Waals surface area contributed by atoms with Gasteiger partial charge in [-0.15, -0.1) is 11.3 Å². The van der Waals surface area contributed by atoms with Crippen LogP contribution in [0.15, 0.2) is 42.0 Å². The highest BCUT2D eigenvalue weighted by Gasteiger charge is 2.08. The first-order valence-corrected chi connectivity index (χ1v) is 7.87. The minimum Gasteiger partial charge on any atom is -0.497 e. The Labute approximate surface area is 132 Å². The van der Waals surface area contributed by atoms with Crippen LogP contribution in [0.3, 0.4) is 0 Å². The van der Waals surface area contributed by atoms with Crippen molar-refractivity contribution < 1.29 is 9.47 Å². The molecule has 0 radical (unpaired) electrons. The predicted octanol–water partition coefficient (Wildman–Crippen LogP) is 3.58. The van der Waals surface area contributed by atoms with Crippen LogP contribution in [-0.2, 0) is 0 Å². The van der Waals surface area contributed by atoms with E-state index in [2.05, 4.69) is 15.3 Å². The summed E-state index contributed by atoms with van der Waals surface area (Å²) in [5.74, 6) is 2.48. The van der Waals surface area contributed by atoms with E-state index in [9.17, 15) is 0 Å². The average Bonchev–Trinajstić information content (AvgIpc) is 3.03. The summed E-state index contributed by atoms with van der Waals surface area (Å²) in [5, 5.41) is 6.38. The first kappa shape index (κ1) is 14.6. The Morgan fingerprint density at radius 1 is 1.14 bits per heavy atom. The zero-order valence-electron chi connectivity index (χ0n) is 12.4. The van der Waals surface area contributed by atoms with Gasteiger partial charge in [-0.2, -0.15) is 0 Å². The summed E-state index contributed by atoms with van der Waals surface area (Å²) in [7, 11) is 1.65. The number of nitrogens with zero attached hydrogens (tertiary/aromatic N) is 2. The fourth-order valence-electron chi connectivity index (χ4n) is 2.10. The molecule has 0 fully saturated rings. The minimum atomic E-state index is 0.0112. The Bertz CT molecular complexity index is 742. The zero-order chi connectivity index (χ0) is 15.4. The van der Waals surface area contributed by atoms with E-state index in [1.54, 1.807) is 24.8 Å². The third-order valence-electron chi connectivity index (χ3n) is 3.22. The van der Waals surface area contributed by atoms with E-state index in [-0.39, 0.29) is 6.10 Å². The molecule has 6 heteroatoms. The van der Waals surface area contributed by atoms with E-state index in [0.717, 1.165) is 27.5 Å². The maximum atomic E-state index is 5.87. The van der Waals surface area contributed by atoms with Gasteiger partial charge in [-0.25, -0.2) is 9.97 Å². The Morgan fingerprint density at radius 2 is 1.91 bits per heavy atom. The topological polar surface area (TPSA) is 56.3 Å². The molecular weight excluding hydrogens is 298 g/mol. The van der Waals surface area contributed by atoms with Gasteiger partial charge in [0.2, 0.25) is 0 Å². The molecule has 2 aromatic heterocycles. The van der Waals surface area contributed by atoms with Crippen LogP contribution in [0.1, 0.15) is 6.92 Å². The van der Waals surface area contributed by atoms with Crippen molar-refractivity contribution in [1.82, 2.24) is 9.97 Å². The second kappa shape index (κ2) is 6.62. The van der Waals surface area contributed by atoms with Crippen molar-refractivity contribution in [2.75, 3.05) is 19.0 Å². The highest BCUT2D eigenvalue weighted by atomic mass is 32.1. The van der Waals surface area contributed by atoms with Crippen molar-refractivity contribution in [3.8, 4) is 11.5 Å². The number of hydrogen-bond acceptors (Lipinski definition) is 6. The SMILES string of the molecule is COc1ccc(OC(C)CNc2ncnc3sccc23)cc1. The van der Waals surface area contributed by atoms with Crippen molar-refractivity contribution in [2.24, 2.45) is 0 Å². The van der Waals surface area contributed by atoms with Crippen molar-refractivity contribution >= 4 is 27.4 Å². The molecule has 3 rings (SSSR count). The maximum Gasteiger partial charge on any atom is 0.138 e. The molecule has 0 aliphatic heterocycles. The Kier molecular flexibility index (Phi) is 4.39. The molecular formula is C16H17N3O2S. The Morgan fingerprint density at radius 3 is 2.68 bits per heavy atom. The van der Waals surface area contributed by atoms with Gasteiger partial charge in [0.25, 0.3) is 0 Å². The molecule has 3 aromatic rings. The number of nitrogens with one attached hydrogen (secondary N) is 1. The number of anilines is 1. The highest BCUT2D eigenvalue weighted by molar-refractivity contribution is 7.16. The van der Waals surface area contributed by atoms with Crippen LogP contribution in [0.5, 0.6) is 11.5 Å². The molecule has 114 valence electrons. The number of rotatable bonds is 6. The molecule has 0 aliphatic rings. The summed E-state index contributed by atoms with van der Waals surface area (Å²) in [6.45, 7) is 2.68. The molecule has 22 heavy (non-hydrogen) atoms. The summed E-state index contributed by atoms with van der Waals surface area (Å²) < 4.78 is 11.0. The predicted molar refractivity (Wildman–Crippen MR) is 89.0 cm³/mol. The number of thiophene rings is 1. The smallest absolute Gasteiger partial charge is 0.138 e. The van der Waals surface area contributed by atoms with Crippen molar-refractivity contribution in [2.45, 2.75) is 13.0 Å². The highest BCUT2D eigenvalue weighted by Crippen LogP contribution is 2.24. The third kappa shape index (κ3) is 3.28. The number of aromatic nitrogens is 2. The van der Waals surface area contributed by atoms with Gasteiger partial charge in [-0.1, -0.05) is 0 Å². The van der Waals surface area contributed by atoms with Crippen LogP contribution in [0.25, 0.3) is 10.2 Å². The van der Waals surface area contributed by atoms with Crippen LogP contribution in [0.4, 0.5) is 5.82 Å². The van der Waals surface area contributed by atoms with Gasteiger partial charge in [0.1, 0.15) is 34.6 Å². The molecule has 0 bridgehead atoms. The minimum absolute atomic E-state index is 0.0112. The first-order chi connectivity index (χ1) is 10.8. The van der Waals surface area contributed by atoms with Gasteiger partial charge in [0.15, 0.2) is 0 Å². The van der Waals surface area contributed by atoms with E-state index in [1.165, 1.54) is 0 Å². The summed E-state index contributed by atoms with van der Waals surface area (Å²) >= 11 is 1.61. The third-order valence-corrected chi connectivity index (χ3v) is 4.04. The number of hydrogen-bond donors (Lipinski definition) is 1. The summed E-state index contributed by atoms with van der Waals surface area (Å²) in [5.41, 5.74) is 0. The average molecular weight is 315 g/mol. The summed E-state index contributed by atoms with van der Waals surface area (Å²) in [6.07, 6.45) is 1.59. The van der Waals surface area contributed by atoms with Crippen molar-refractivity contribution in [3.05, 3.63) is 42.0 Å². The van der Waals surface area contributed by atoms with Gasteiger partial charge in [0, 0.05) is 0 Å². The summed E-state index contributed by atoms with van der Waals surface area (Å²) in [6, 6.07) is 9.59. The standard InChI is InChI=1S/C16H17N3O2S/c1-11(21-13-5-3-12(20-2)4-6-13)9-17-15-14-7-8-22-16(14)19-10-18-15/h3-8,10-11H,9H2,1-2H3,(H,17,18,19). The second-order valence-corrected chi connectivity index (χ2v) is 5.74. The Balaban J connectivity index is 1.59. The molecule has 0 saturated heterocycles. The second-order valence-electron chi connectivity index (χ2n) is 4.85. The van der Waals surface area contributed by atoms with E-state index in [1.807, 2.05) is 42.6 Å². The van der Waals surface area contributed by atoms with Gasteiger partial charge >= 0.3 is 0 Å². The monoisotopic (exact) mass is 315 g/mol. The van der Waals surface area contributed by atoms with Crippen LogP contribution in [0, 0.1) is 0 Å². The largest absolute Gasteiger partial charge is 0.497 e. The van der Waals surface area contributed by atoms with Crippen molar-refractivity contribution in [3.63, 3.8) is 0 Å². The molecule has 0 spiro atoms. The van der Waals surface area contributed by atoms with Gasteiger partial charge in [0.05, 0.1) is 19.0 Å². The molecule has 5 nitrogen and oxygen atoms in total. The van der Waals surface area contributed by atoms with E-state index < -0.39 is 0 Å². The lowest BCUT2D eigenvalue weighted by Crippen LogP contribution is -2.23. The van der Waals surface area contributed by atoms with Crippen LogP contribution >= 0.6 is 11.3 Å². The molecule has 1 atom stereocenters. The number of ether oxygens (including phenoxy) is 2. The molecule has 2 heterocycles.